The molecule has 0 amide bonds. The molecule has 1 aliphatic rings. The first-order valence-electron chi connectivity index (χ1n) is 7.14. The van der Waals surface area contributed by atoms with Crippen LogP contribution >= 0.6 is 0 Å². The van der Waals surface area contributed by atoms with E-state index in [4.69, 9.17) is 9.47 Å². The number of hydrogen-bond donors (Lipinski definition) is 1. The van der Waals surface area contributed by atoms with Gasteiger partial charge < -0.3 is 14.8 Å². The fourth-order valence-electron chi connectivity index (χ4n) is 2.35. The maximum atomic E-state index is 5.82. The average molecular weight is 261 g/mol. The molecule has 1 unspecified atom stereocenters. The molecule has 1 N–H and O–H groups in total. The van der Waals surface area contributed by atoms with Gasteiger partial charge in [0.25, 0.3) is 0 Å². The number of likely N-dealkylation sites (N-methyl/N-ethyl adjacent to an activating group) is 1. The molecule has 0 radical (unpaired) electrons. The Hall–Kier alpha value is -1.48. The maximum Gasteiger partial charge on any atom is 0.124 e. The van der Waals surface area contributed by atoms with Gasteiger partial charge in [0, 0.05) is 5.56 Å². The Kier molecular flexibility index (Phi) is 5.28. The van der Waals surface area contributed by atoms with Gasteiger partial charge >= 0.3 is 0 Å². The van der Waals surface area contributed by atoms with Crippen molar-refractivity contribution in [2.24, 2.45) is 0 Å². The van der Waals surface area contributed by atoms with Crippen LogP contribution < -0.4 is 10.1 Å². The van der Waals surface area contributed by atoms with Gasteiger partial charge in [0.2, 0.25) is 0 Å². The number of para-hydroxylation sites is 1. The quantitative estimate of drug-likeness (QED) is 0.851. The lowest BCUT2D eigenvalue weighted by atomic mass is 10.0. The molecule has 3 heteroatoms. The first kappa shape index (κ1) is 13.9. The summed E-state index contributed by atoms with van der Waals surface area (Å²) in [6.07, 6.45) is 4.39. The third-order valence-electron chi connectivity index (χ3n) is 3.19. The van der Waals surface area contributed by atoms with Gasteiger partial charge in [-0.2, -0.15) is 0 Å². The van der Waals surface area contributed by atoms with Crippen LogP contribution in [0.3, 0.4) is 0 Å². The number of nitrogens with one attached hydrogen (secondary N) is 1. The normalized spacial score (nSPS) is 16.4. The molecule has 0 aromatic heterocycles. The summed E-state index contributed by atoms with van der Waals surface area (Å²) < 4.78 is 11.6. The van der Waals surface area contributed by atoms with E-state index in [1.807, 2.05) is 25.1 Å². The van der Waals surface area contributed by atoms with Gasteiger partial charge in [-0.1, -0.05) is 25.1 Å². The van der Waals surface area contributed by atoms with Gasteiger partial charge in [-0.3, -0.25) is 0 Å². The zero-order valence-electron chi connectivity index (χ0n) is 11.8. The van der Waals surface area contributed by atoms with Crippen LogP contribution in [-0.2, 0) is 4.74 Å². The SMILES string of the molecule is CCNC(C1=CCCCO1)c1ccccc1OCC. The van der Waals surface area contributed by atoms with Crippen LogP contribution in [-0.4, -0.2) is 19.8 Å². The minimum absolute atomic E-state index is 0.0908. The minimum Gasteiger partial charge on any atom is -0.496 e. The Morgan fingerprint density at radius 3 is 2.84 bits per heavy atom. The van der Waals surface area contributed by atoms with Crippen molar-refractivity contribution in [2.45, 2.75) is 32.7 Å². The Morgan fingerprint density at radius 1 is 1.32 bits per heavy atom. The van der Waals surface area contributed by atoms with E-state index < -0.39 is 0 Å². The summed E-state index contributed by atoms with van der Waals surface area (Å²) >= 11 is 0. The minimum atomic E-state index is 0.0908. The third-order valence-corrected chi connectivity index (χ3v) is 3.19. The van der Waals surface area contributed by atoms with E-state index >= 15 is 0 Å². The van der Waals surface area contributed by atoms with E-state index in [0.717, 1.165) is 43.1 Å². The second-order valence-corrected chi connectivity index (χ2v) is 4.56. The highest BCUT2D eigenvalue weighted by atomic mass is 16.5. The number of allylic oxidation sites excluding steroid dienone is 1. The molecule has 0 fully saturated rings. The molecule has 0 saturated heterocycles. The molecular formula is C16H23NO2. The number of ether oxygens (including phenoxy) is 2. The number of benzene rings is 1. The molecule has 0 saturated carbocycles. The molecule has 19 heavy (non-hydrogen) atoms. The molecule has 0 spiro atoms. The molecule has 1 aliphatic heterocycles. The van der Waals surface area contributed by atoms with E-state index in [-0.39, 0.29) is 6.04 Å². The van der Waals surface area contributed by atoms with Crippen molar-refractivity contribution in [1.29, 1.82) is 0 Å². The van der Waals surface area contributed by atoms with Gasteiger partial charge in [-0.05, 0) is 38.5 Å². The summed E-state index contributed by atoms with van der Waals surface area (Å²) in [4.78, 5) is 0. The highest BCUT2D eigenvalue weighted by Gasteiger charge is 2.22. The Labute approximate surface area is 115 Å². The van der Waals surface area contributed by atoms with Crippen LogP contribution in [0.2, 0.25) is 0 Å². The molecule has 0 aliphatic carbocycles. The molecular weight excluding hydrogens is 238 g/mol. The predicted octanol–water partition coefficient (Wildman–Crippen LogP) is 3.43. The van der Waals surface area contributed by atoms with Crippen LogP contribution in [0.4, 0.5) is 0 Å². The van der Waals surface area contributed by atoms with Gasteiger partial charge in [0.1, 0.15) is 11.5 Å². The zero-order chi connectivity index (χ0) is 13.5. The highest BCUT2D eigenvalue weighted by molar-refractivity contribution is 5.39. The summed E-state index contributed by atoms with van der Waals surface area (Å²) in [5, 5.41) is 3.49. The van der Waals surface area contributed by atoms with Crippen LogP contribution in [0.15, 0.2) is 36.1 Å². The van der Waals surface area contributed by atoms with Crippen molar-refractivity contribution in [3.05, 3.63) is 41.7 Å². The lowest BCUT2D eigenvalue weighted by molar-refractivity contribution is 0.167. The molecule has 1 atom stereocenters. The topological polar surface area (TPSA) is 30.5 Å². The van der Waals surface area contributed by atoms with Crippen molar-refractivity contribution in [1.82, 2.24) is 5.32 Å². The molecule has 1 aromatic rings. The summed E-state index contributed by atoms with van der Waals surface area (Å²) in [6, 6.07) is 8.27. The summed E-state index contributed by atoms with van der Waals surface area (Å²) in [6.45, 7) is 6.50. The lowest BCUT2D eigenvalue weighted by Gasteiger charge is -2.26. The van der Waals surface area contributed by atoms with E-state index in [2.05, 4.69) is 24.4 Å². The molecule has 0 bridgehead atoms. The van der Waals surface area contributed by atoms with Crippen molar-refractivity contribution in [2.75, 3.05) is 19.8 Å². The van der Waals surface area contributed by atoms with Crippen molar-refractivity contribution in [3.63, 3.8) is 0 Å². The molecule has 104 valence electrons. The standard InChI is InChI=1S/C16H23NO2/c1-3-17-16(15-11-7-8-12-19-15)13-9-5-6-10-14(13)18-4-2/h5-6,9-11,16-17H,3-4,7-8,12H2,1-2H3. The largest absolute Gasteiger partial charge is 0.496 e. The van der Waals surface area contributed by atoms with Crippen LogP contribution in [0.25, 0.3) is 0 Å². The Bertz CT molecular complexity index is 429. The van der Waals surface area contributed by atoms with Crippen LogP contribution in [0.1, 0.15) is 38.3 Å². The molecule has 2 rings (SSSR count). The number of rotatable bonds is 6. The average Bonchev–Trinajstić information content (AvgIpc) is 2.47. The summed E-state index contributed by atoms with van der Waals surface area (Å²) in [5.41, 5.74) is 1.15. The van der Waals surface area contributed by atoms with Gasteiger partial charge in [-0.15, -0.1) is 0 Å². The van der Waals surface area contributed by atoms with Gasteiger partial charge in [0.15, 0.2) is 0 Å². The van der Waals surface area contributed by atoms with E-state index in [0.29, 0.717) is 6.61 Å². The highest BCUT2D eigenvalue weighted by Crippen LogP contribution is 2.32. The molecule has 1 heterocycles. The monoisotopic (exact) mass is 261 g/mol. The van der Waals surface area contributed by atoms with Crippen molar-refractivity contribution in [3.8, 4) is 5.75 Å². The summed E-state index contributed by atoms with van der Waals surface area (Å²) in [7, 11) is 0. The van der Waals surface area contributed by atoms with Crippen molar-refractivity contribution < 1.29 is 9.47 Å². The van der Waals surface area contributed by atoms with Crippen molar-refractivity contribution >= 4 is 0 Å². The third kappa shape index (κ3) is 3.51. The first-order valence-corrected chi connectivity index (χ1v) is 7.14. The summed E-state index contributed by atoms with van der Waals surface area (Å²) in [5.74, 6) is 1.96. The maximum absolute atomic E-state index is 5.82. The van der Waals surface area contributed by atoms with Crippen LogP contribution in [0.5, 0.6) is 5.75 Å². The van der Waals surface area contributed by atoms with Gasteiger partial charge in [-0.25, -0.2) is 0 Å². The number of hydrogen-bond acceptors (Lipinski definition) is 3. The smallest absolute Gasteiger partial charge is 0.124 e. The second-order valence-electron chi connectivity index (χ2n) is 4.56. The van der Waals surface area contributed by atoms with Crippen LogP contribution in [0, 0.1) is 0 Å². The fourth-order valence-corrected chi connectivity index (χ4v) is 2.35. The lowest BCUT2D eigenvalue weighted by Crippen LogP contribution is -2.25. The second kappa shape index (κ2) is 7.19. The van der Waals surface area contributed by atoms with E-state index in [1.165, 1.54) is 0 Å². The molecule has 3 nitrogen and oxygen atoms in total. The zero-order valence-corrected chi connectivity index (χ0v) is 11.8. The Balaban J connectivity index is 2.30. The van der Waals surface area contributed by atoms with E-state index in [9.17, 15) is 0 Å². The molecule has 1 aromatic carbocycles. The fraction of sp³-hybridized carbons (Fsp3) is 0.500. The Morgan fingerprint density at radius 2 is 2.16 bits per heavy atom. The first-order chi connectivity index (χ1) is 9.36. The predicted molar refractivity (Wildman–Crippen MR) is 77.3 cm³/mol. The van der Waals surface area contributed by atoms with E-state index in [1.54, 1.807) is 0 Å². The van der Waals surface area contributed by atoms with Gasteiger partial charge in [0.05, 0.1) is 19.3 Å².